The van der Waals surface area contributed by atoms with Crippen molar-refractivity contribution in [2.24, 2.45) is 5.73 Å². The van der Waals surface area contributed by atoms with E-state index in [2.05, 4.69) is 10.3 Å². The molecule has 6 nitrogen and oxygen atoms in total. The molecule has 1 aliphatic carbocycles. The lowest BCUT2D eigenvalue weighted by Gasteiger charge is -2.28. The van der Waals surface area contributed by atoms with Gasteiger partial charge in [-0.15, -0.1) is 11.3 Å². The maximum atomic E-state index is 12.4. The number of hydrogen-bond acceptors (Lipinski definition) is 6. The molecule has 0 radical (unpaired) electrons. The summed E-state index contributed by atoms with van der Waals surface area (Å²) < 4.78 is 10.7. The van der Waals surface area contributed by atoms with Crippen molar-refractivity contribution in [3.8, 4) is 22.1 Å². The highest BCUT2D eigenvalue weighted by atomic mass is 32.1. The van der Waals surface area contributed by atoms with Crippen molar-refractivity contribution >= 4 is 17.2 Å². The lowest BCUT2D eigenvalue weighted by Crippen LogP contribution is -2.52. The maximum Gasteiger partial charge on any atom is 0.231 e. The van der Waals surface area contributed by atoms with Gasteiger partial charge in [-0.2, -0.15) is 0 Å². The van der Waals surface area contributed by atoms with E-state index in [4.69, 9.17) is 15.2 Å². The maximum absolute atomic E-state index is 12.4. The number of thiazole rings is 1. The second kappa shape index (κ2) is 6.65. The minimum absolute atomic E-state index is 0.00473. The second-order valence-corrected chi connectivity index (χ2v) is 7.49. The monoisotopic (exact) mass is 359 g/mol. The first kappa shape index (κ1) is 16.4. The SMILES string of the molecule is NCC1(NC(=O)Cc2csc(-c3ccc4c(c3)OCO4)n2)CCCC1. The molecule has 0 bridgehead atoms. The smallest absolute Gasteiger partial charge is 0.231 e. The van der Waals surface area contributed by atoms with Crippen LogP contribution in [-0.4, -0.2) is 29.8 Å². The predicted octanol–water partition coefficient (Wildman–Crippen LogP) is 2.47. The summed E-state index contributed by atoms with van der Waals surface area (Å²) in [6.45, 7) is 0.753. The topological polar surface area (TPSA) is 86.5 Å². The van der Waals surface area contributed by atoms with Crippen LogP contribution in [-0.2, 0) is 11.2 Å². The Morgan fingerprint density at radius 1 is 1.28 bits per heavy atom. The van der Waals surface area contributed by atoms with Gasteiger partial charge in [0, 0.05) is 17.5 Å². The second-order valence-electron chi connectivity index (χ2n) is 6.63. The van der Waals surface area contributed by atoms with Gasteiger partial charge in [-0.1, -0.05) is 12.8 Å². The number of fused-ring (bicyclic) bond motifs is 1. The Morgan fingerprint density at radius 2 is 2.08 bits per heavy atom. The van der Waals surface area contributed by atoms with E-state index in [1.54, 1.807) is 0 Å². The number of benzene rings is 1. The van der Waals surface area contributed by atoms with Crippen molar-refractivity contribution in [2.75, 3.05) is 13.3 Å². The Labute approximate surface area is 150 Å². The fourth-order valence-electron chi connectivity index (χ4n) is 3.49. The summed E-state index contributed by atoms with van der Waals surface area (Å²) in [7, 11) is 0. The van der Waals surface area contributed by atoms with Gasteiger partial charge in [0.2, 0.25) is 12.7 Å². The molecule has 4 rings (SSSR count). The number of carbonyl (C=O) groups is 1. The third-order valence-corrected chi connectivity index (χ3v) is 5.81. The summed E-state index contributed by atoms with van der Waals surface area (Å²) in [5, 5.41) is 5.94. The molecule has 2 heterocycles. The first-order valence-electron chi connectivity index (χ1n) is 8.53. The molecule has 2 aromatic rings. The van der Waals surface area contributed by atoms with Gasteiger partial charge < -0.3 is 20.5 Å². The van der Waals surface area contributed by atoms with Crippen LogP contribution in [0.1, 0.15) is 31.4 Å². The highest BCUT2D eigenvalue weighted by Crippen LogP contribution is 2.36. The van der Waals surface area contributed by atoms with Gasteiger partial charge in [-0.3, -0.25) is 4.79 Å². The molecule has 132 valence electrons. The van der Waals surface area contributed by atoms with Gasteiger partial charge in [-0.25, -0.2) is 4.98 Å². The van der Waals surface area contributed by atoms with Gasteiger partial charge in [0.15, 0.2) is 11.5 Å². The van der Waals surface area contributed by atoms with Crippen LogP contribution in [0.15, 0.2) is 23.6 Å². The number of hydrogen-bond donors (Lipinski definition) is 2. The van der Waals surface area contributed by atoms with Crippen molar-refractivity contribution in [3.05, 3.63) is 29.3 Å². The molecule has 2 aliphatic rings. The van der Waals surface area contributed by atoms with Crippen LogP contribution in [0, 0.1) is 0 Å². The van der Waals surface area contributed by atoms with E-state index in [0.29, 0.717) is 6.54 Å². The van der Waals surface area contributed by atoms with Gasteiger partial charge in [0.25, 0.3) is 0 Å². The van der Waals surface area contributed by atoms with E-state index in [9.17, 15) is 4.79 Å². The third kappa shape index (κ3) is 3.34. The minimum Gasteiger partial charge on any atom is -0.454 e. The molecule has 1 aliphatic heterocycles. The molecule has 1 aromatic carbocycles. The largest absolute Gasteiger partial charge is 0.454 e. The first-order valence-corrected chi connectivity index (χ1v) is 9.41. The highest BCUT2D eigenvalue weighted by molar-refractivity contribution is 7.13. The zero-order chi connectivity index (χ0) is 17.3. The van der Waals surface area contributed by atoms with Crippen molar-refractivity contribution < 1.29 is 14.3 Å². The van der Waals surface area contributed by atoms with E-state index < -0.39 is 0 Å². The molecule has 1 aromatic heterocycles. The lowest BCUT2D eigenvalue weighted by atomic mass is 9.97. The van der Waals surface area contributed by atoms with Gasteiger partial charge in [0.05, 0.1) is 17.7 Å². The van der Waals surface area contributed by atoms with Crippen LogP contribution in [0.3, 0.4) is 0 Å². The first-order chi connectivity index (χ1) is 12.2. The zero-order valence-electron chi connectivity index (χ0n) is 13.9. The number of rotatable bonds is 5. The average molecular weight is 359 g/mol. The molecule has 0 spiro atoms. The van der Waals surface area contributed by atoms with E-state index in [1.165, 1.54) is 11.3 Å². The highest BCUT2D eigenvalue weighted by Gasteiger charge is 2.33. The summed E-state index contributed by atoms with van der Waals surface area (Å²) >= 11 is 1.53. The molecule has 1 amide bonds. The Bertz CT molecular complexity index is 784. The average Bonchev–Trinajstić information content (AvgIpc) is 3.34. The fraction of sp³-hybridized carbons (Fsp3) is 0.444. The number of carbonyl (C=O) groups excluding carboxylic acids is 1. The standard InChI is InChI=1S/C18H21N3O3S/c19-10-18(5-1-2-6-18)21-16(22)8-13-9-25-17(20-13)12-3-4-14-15(7-12)24-11-23-14/h3-4,7,9H,1-2,5-6,8,10-11,19H2,(H,21,22). The number of aromatic nitrogens is 1. The number of nitrogens with two attached hydrogens (primary N) is 1. The fourth-order valence-corrected chi connectivity index (χ4v) is 4.30. The number of nitrogens with one attached hydrogen (secondary N) is 1. The minimum atomic E-state index is -0.215. The van der Waals surface area contributed by atoms with Gasteiger partial charge in [0.1, 0.15) is 5.01 Å². The third-order valence-electron chi connectivity index (χ3n) is 4.87. The van der Waals surface area contributed by atoms with Crippen molar-refractivity contribution in [1.82, 2.24) is 10.3 Å². The molecule has 1 saturated carbocycles. The predicted molar refractivity (Wildman–Crippen MR) is 95.8 cm³/mol. The van der Waals surface area contributed by atoms with Crippen LogP contribution < -0.4 is 20.5 Å². The van der Waals surface area contributed by atoms with Gasteiger partial charge >= 0.3 is 0 Å². The van der Waals surface area contributed by atoms with Crippen LogP contribution in [0.25, 0.3) is 10.6 Å². The van der Waals surface area contributed by atoms with Crippen molar-refractivity contribution in [2.45, 2.75) is 37.6 Å². The normalized spacial score (nSPS) is 17.6. The molecule has 25 heavy (non-hydrogen) atoms. The molecular formula is C18H21N3O3S. The van der Waals surface area contributed by atoms with E-state index in [0.717, 1.165) is 53.4 Å². The Kier molecular flexibility index (Phi) is 4.35. The Morgan fingerprint density at radius 3 is 2.88 bits per heavy atom. The molecule has 0 atom stereocenters. The number of amides is 1. The van der Waals surface area contributed by atoms with Crippen LogP contribution in [0.5, 0.6) is 11.5 Å². The molecule has 3 N–H and O–H groups in total. The quantitative estimate of drug-likeness (QED) is 0.856. The van der Waals surface area contributed by atoms with E-state index in [1.807, 2.05) is 23.6 Å². The summed E-state index contributed by atoms with van der Waals surface area (Å²) in [5.74, 6) is 1.48. The van der Waals surface area contributed by atoms with E-state index in [-0.39, 0.29) is 24.7 Å². The number of nitrogens with zero attached hydrogens (tertiary/aromatic N) is 1. The Hall–Kier alpha value is -2.12. The zero-order valence-corrected chi connectivity index (χ0v) is 14.7. The summed E-state index contributed by atoms with van der Waals surface area (Å²) in [6.07, 6.45) is 4.47. The molecule has 1 fully saturated rings. The molecule has 0 saturated heterocycles. The van der Waals surface area contributed by atoms with Crippen LogP contribution >= 0.6 is 11.3 Å². The van der Waals surface area contributed by atoms with Crippen LogP contribution in [0.2, 0.25) is 0 Å². The van der Waals surface area contributed by atoms with Crippen molar-refractivity contribution in [3.63, 3.8) is 0 Å². The summed E-state index contributed by atoms with van der Waals surface area (Å²) in [5.41, 5.74) is 7.42. The number of ether oxygens (including phenoxy) is 2. The molecule has 7 heteroatoms. The lowest BCUT2D eigenvalue weighted by molar-refractivity contribution is -0.122. The summed E-state index contributed by atoms with van der Waals surface area (Å²) in [6, 6.07) is 5.77. The Balaban J connectivity index is 1.43. The van der Waals surface area contributed by atoms with Crippen LogP contribution in [0.4, 0.5) is 0 Å². The van der Waals surface area contributed by atoms with Gasteiger partial charge in [-0.05, 0) is 31.0 Å². The molecular weight excluding hydrogens is 338 g/mol. The summed E-state index contributed by atoms with van der Waals surface area (Å²) in [4.78, 5) is 17.0. The van der Waals surface area contributed by atoms with E-state index >= 15 is 0 Å². The van der Waals surface area contributed by atoms with Crippen molar-refractivity contribution in [1.29, 1.82) is 0 Å². The molecule has 0 unspecified atom stereocenters.